The molecule has 7 heteroatoms. The van der Waals surface area contributed by atoms with Crippen LogP contribution in [0.4, 0.5) is 4.39 Å². The van der Waals surface area contributed by atoms with Gasteiger partial charge in [0.2, 0.25) is 0 Å². The van der Waals surface area contributed by atoms with Crippen molar-refractivity contribution in [2.24, 2.45) is 5.92 Å². The van der Waals surface area contributed by atoms with Crippen molar-refractivity contribution in [2.75, 3.05) is 0 Å². The maximum Gasteiger partial charge on any atom is 0.326 e. The van der Waals surface area contributed by atoms with Crippen molar-refractivity contribution in [3.05, 3.63) is 51.7 Å². The lowest BCUT2D eigenvalue weighted by atomic mass is 9.84. The van der Waals surface area contributed by atoms with Gasteiger partial charge in [0, 0.05) is 17.8 Å². The number of carboxylic acids is 1. The second-order valence-electron chi connectivity index (χ2n) is 7.34. The van der Waals surface area contributed by atoms with Gasteiger partial charge in [-0.1, -0.05) is 25.0 Å². The first-order valence-electron chi connectivity index (χ1n) is 9.27. The summed E-state index contributed by atoms with van der Waals surface area (Å²) in [5.74, 6) is -1.22. The Hall–Kier alpha value is -2.28. The molecule has 1 saturated carbocycles. The van der Waals surface area contributed by atoms with Crippen molar-refractivity contribution in [3.63, 3.8) is 0 Å². The minimum atomic E-state index is -0.931. The number of hydrogen-bond acceptors (Lipinski definition) is 4. The van der Waals surface area contributed by atoms with E-state index in [0.29, 0.717) is 18.5 Å². The van der Waals surface area contributed by atoms with Crippen LogP contribution in [0.5, 0.6) is 0 Å². The molecule has 0 radical (unpaired) electrons. The van der Waals surface area contributed by atoms with Crippen LogP contribution >= 0.6 is 11.3 Å². The van der Waals surface area contributed by atoms with Crippen LogP contribution < -0.4 is 0 Å². The SMILES string of the molecule is O=C(O)C1CC2CCCCC2N1C(=O)c1csc(Cc2ccc(F)cc2)n1. The van der Waals surface area contributed by atoms with Crippen LogP contribution in [-0.2, 0) is 11.2 Å². The first-order valence-corrected chi connectivity index (χ1v) is 10.1. The Morgan fingerprint density at radius 3 is 2.70 bits per heavy atom. The summed E-state index contributed by atoms with van der Waals surface area (Å²) in [6.07, 6.45) is 5.06. The Bertz CT molecular complexity index is 851. The molecule has 5 nitrogen and oxygen atoms in total. The van der Waals surface area contributed by atoms with Crippen molar-refractivity contribution in [1.29, 1.82) is 0 Å². The van der Waals surface area contributed by atoms with E-state index in [1.54, 1.807) is 22.4 Å². The lowest BCUT2D eigenvalue weighted by molar-refractivity contribution is -0.141. The summed E-state index contributed by atoms with van der Waals surface area (Å²) in [7, 11) is 0. The number of amides is 1. The zero-order chi connectivity index (χ0) is 19.0. The lowest BCUT2D eigenvalue weighted by Gasteiger charge is -2.32. The summed E-state index contributed by atoms with van der Waals surface area (Å²) in [4.78, 5) is 30.8. The molecule has 27 heavy (non-hydrogen) atoms. The number of fused-ring (bicyclic) bond motifs is 1. The second-order valence-corrected chi connectivity index (χ2v) is 8.29. The van der Waals surface area contributed by atoms with Gasteiger partial charge in [-0.2, -0.15) is 0 Å². The van der Waals surface area contributed by atoms with Crippen molar-refractivity contribution >= 4 is 23.2 Å². The highest BCUT2D eigenvalue weighted by Crippen LogP contribution is 2.40. The van der Waals surface area contributed by atoms with Gasteiger partial charge in [0.15, 0.2) is 0 Å². The molecule has 2 fully saturated rings. The molecule has 142 valence electrons. The van der Waals surface area contributed by atoms with E-state index in [1.165, 1.54) is 23.5 Å². The Morgan fingerprint density at radius 2 is 1.96 bits per heavy atom. The molecular formula is C20H21FN2O3S. The number of rotatable bonds is 4. The number of nitrogens with zero attached hydrogens (tertiary/aromatic N) is 2. The standard InChI is InChI=1S/C20H21FN2O3S/c21-14-7-5-12(6-8-14)9-18-22-15(11-27-18)19(24)23-16-4-2-1-3-13(16)10-17(23)20(25)26/h5-8,11,13,16-17H,1-4,9-10H2,(H,25,26). The van der Waals surface area contributed by atoms with Gasteiger partial charge in [-0.15, -0.1) is 11.3 Å². The average molecular weight is 388 g/mol. The lowest BCUT2D eigenvalue weighted by Crippen LogP contribution is -2.46. The molecule has 0 spiro atoms. The Labute approximate surface area is 160 Å². The monoisotopic (exact) mass is 388 g/mol. The van der Waals surface area contributed by atoms with Crippen LogP contribution in [-0.4, -0.2) is 39.0 Å². The fourth-order valence-electron chi connectivity index (χ4n) is 4.37. The molecule has 1 aliphatic heterocycles. The fourth-order valence-corrected chi connectivity index (χ4v) is 5.17. The van der Waals surface area contributed by atoms with E-state index in [-0.39, 0.29) is 23.7 Å². The first-order chi connectivity index (χ1) is 13.0. The normalized spacial score (nSPS) is 24.6. The summed E-state index contributed by atoms with van der Waals surface area (Å²) in [6, 6.07) is 5.46. The van der Waals surface area contributed by atoms with Gasteiger partial charge in [-0.05, 0) is 42.9 Å². The number of aliphatic carboxylic acids is 1. The summed E-state index contributed by atoms with van der Waals surface area (Å²) >= 11 is 1.37. The van der Waals surface area contributed by atoms with E-state index in [0.717, 1.165) is 36.3 Å². The van der Waals surface area contributed by atoms with Gasteiger partial charge in [0.25, 0.3) is 5.91 Å². The summed E-state index contributed by atoms with van der Waals surface area (Å²) in [5, 5.41) is 12.1. The maximum atomic E-state index is 13.1. The number of hydrogen-bond donors (Lipinski definition) is 1. The van der Waals surface area contributed by atoms with E-state index < -0.39 is 12.0 Å². The van der Waals surface area contributed by atoms with Crippen LogP contribution in [0.1, 0.15) is 53.2 Å². The Kier molecular flexibility index (Phi) is 4.95. The molecule has 4 rings (SSSR count). The molecule has 1 amide bonds. The maximum absolute atomic E-state index is 13.1. The van der Waals surface area contributed by atoms with Crippen molar-refractivity contribution in [2.45, 2.75) is 50.6 Å². The highest BCUT2D eigenvalue weighted by molar-refractivity contribution is 7.09. The number of carboxylic acid groups (broad SMARTS) is 1. The molecule has 2 aliphatic rings. The molecule has 2 heterocycles. The molecule has 1 saturated heterocycles. The second kappa shape index (κ2) is 7.38. The highest BCUT2D eigenvalue weighted by atomic mass is 32.1. The number of thiazole rings is 1. The summed E-state index contributed by atoms with van der Waals surface area (Å²) in [5.41, 5.74) is 1.23. The van der Waals surface area contributed by atoms with Crippen molar-refractivity contribution in [3.8, 4) is 0 Å². The van der Waals surface area contributed by atoms with Gasteiger partial charge in [0.1, 0.15) is 17.6 Å². The van der Waals surface area contributed by atoms with Gasteiger partial charge >= 0.3 is 5.97 Å². The molecule has 3 atom stereocenters. The molecular weight excluding hydrogens is 367 g/mol. The fraction of sp³-hybridized carbons (Fsp3) is 0.450. The zero-order valence-corrected chi connectivity index (χ0v) is 15.6. The molecule has 1 aromatic carbocycles. The number of halogens is 1. The Morgan fingerprint density at radius 1 is 1.22 bits per heavy atom. The van der Waals surface area contributed by atoms with E-state index in [2.05, 4.69) is 4.98 Å². The molecule has 3 unspecified atom stereocenters. The van der Waals surface area contributed by atoms with Crippen LogP contribution in [0, 0.1) is 11.7 Å². The van der Waals surface area contributed by atoms with E-state index in [1.807, 2.05) is 0 Å². The van der Waals surface area contributed by atoms with Gasteiger partial charge in [0.05, 0.1) is 5.01 Å². The van der Waals surface area contributed by atoms with Crippen LogP contribution in [0.15, 0.2) is 29.6 Å². The van der Waals surface area contributed by atoms with Crippen LogP contribution in [0.2, 0.25) is 0 Å². The Balaban J connectivity index is 1.54. The van der Waals surface area contributed by atoms with E-state index in [9.17, 15) is 19.1 Å². The predicted octanol–water partition coefficient (Wildman–Crippen LogP) is 3.73. The number of aromatic nitrogens is 1. The van der Waals surface area contributed by atoms with Gasteiger partial charge in [-0.25, -0.2) is 14.2 Å². The topological polar surface area (TPSA) is 70.5 Å². The number of carbonyl (C=O) groups excluding carboxylic acids is 1. The molecule has 1 aliphatic carbocycles. The van der Waals surface area contributed by atoms with Crippen LogP contribution in [0.25, 0.3) is 0 Å². The van der Waals surface area contributed by atoms with Crippen LogP contribution in [0.3, 0.4) is 0 Å². The smallest absolute Gasteiger partial charge is 0.326 e. The predicted molar refractivity (Wildman–Crippen MR) is 99.3 cm³/mol. The summed E-state index contributed by atoms with van der Waals surface area (Å²) < 4.78 is 13.0. The number of carbonyl (C=O) groups is 2. The third-order valence-corrected chi connectivity index (χ3v) is 6.50. The third kappa shape index (κ3) is 3.60. The zero-order valence-electron chi connectivity index (χ0n) is 14.8. The molecule has 2 aromatic rings. The third-order valence-electron chi connectivity index (χ3n) is 5.65. The van der Waals surface area contributed by atoms with Gasteiger partial charge < -0.3 is 10.0 Å². The van der Waals surface area contributed by atoms with Crippen molar-refractivity contribution in [1.82, 2.24) is 9.88 Å². The summed E-state index contributed by atoms with van der Waals surface area (Å²) in [6.45, 7) is 0. The van der Waals surface area contributed by atoms with Gasteiger partial charge in [-0.3, -0.25) is 4.79 Å². The quantitative estimate of drug-likeness (QED) is 0.866. The largest absolute Gasteiger partial charge is 0.480 e. The van der Waals surface area contributed by atoms with E-state index in [4.69, 9.17) is 0 Å². The first kappa shape index (κ1) is 18.1. The molecule has 1 N–H and O–H groups in total. The minimum Gasteiger partial charge on any atom is -0.480 e. The average Bonchev–Trinajstić information content (AvgIpc) is 3.28. The molecule has 0 bridgehead atoms. The number of likely N-dealkylation sites (tertiary alicyclic amines) is 1. The number of benzene rings is 1. The van der Waals surface area contributed by atoms with Crippen molar-refractivity contribution < 1.29 is 19.1 Å². The molecule has 1 aromatic heterocycles. The minimum absolute atomic E-state index is 0.00889. The van der Waals surface area contributed by atoms with E-state index >= 15 is 0 Å². The highest BCUT2D eigenvalue weighted by Gasteiger charge is 2.48.